The molecule has 2 amide bonds. The third kappa shape index (κ3) is 2.86. The molecule has 1 aliphatic heterocycles. The Kier molecular flexibility index (Phi) is 4.50. The molecule has 114 valence electrons. The van der Waals surface area contributed by atoms with Crippen molar-refractivity contribution in [3.05, 3.63) is 24.3 Å². The van der Waals surface area contributed by atoms with E-state index in [0.717, 1.165) is 11.4 Å². The van der Waals surface area contributed by atoms with Crippen LogP contribution in [0.25, 0.3) is 0 Å². The number of piperazine rings is 1. The van der Waals surface area contributed by atoms with E-state index in [4.69, 9.17) is 4.74 Å². The Morgan fingerprint density at radius 1 is 1.14 bits per heavy atom. The zero-order valence-corrected chi connectivity index (χ0v) is 12.8. The lowest BCUT2D eigenvalue weighted by molar-refractivity contribution is -0.136. The van der Waals surface area contributed by atoms with Crippen molar-refractivity contribution < 1.29 is 14.3 Å². The molecule has 0 saturated carbocycles. The molecule has 5 nitrogen and oxygen atoms in total. The number of carbonyl (C=O) groups excluding carboxylic acids is 2. The van der Waals surface area contributed by atoms with Crippen LogP contribution in [0.15, 0.2) is 24.3 Å². The van der Waals surface area contributed by atoms with E-state index >= 15 is 0 Å². The molecule has 21 heavy (non-hydrogen) atoms. The highest BCUT2D eigenvalue weighted by molar-refractivity contribution is 6.09. The molecule has 0 unspecified atom stereocenters. The summed E-state index contributed by atoms with van der Waals surface area (Å²) in [7, 11) is 0. The van der Waals surface area contributed by atoms with Crippen LogP contribution in [0.4, 0.5) is 5.69 Å². The number of carbonyl (C=O) groups is 2. The van der Waals surface area contributed by atoms with Crippen LogP contribution in [0.3, 0.4) is 0 Å². The van der Waals surface area contributed by atoms with E-state index in [1.54, 1.807) is 4.90 Å². The van der Waals surface area contributed by atoms with Gasteiger partial charge >= 0.3 is 0 Å². The molecule has 1 saturated heterocycles. The van der Waals surface area contributed by atoms with E-state index in [1.165, 1.54) is 0 Å². The van der Waals surface area contributed by atoms with Crippen LogP contribution in [0.2, 0.25) is 0 Å². The summed E-state index contributed by atoms with van der Waals surface area (Å²) in [4.78, 5) is 26.3. The molecule has 2 rings (SSSR count). The lowest BCUT2D eigenvalue weighted by atomic mass is 9.88. The maximum atomic E-state index is 12.7. The van der Waals surface area contributed by atoms with Gasteiger partial charge < -0.3 is 15.0 Å². The van der Waals surface area contributed by atoms with Crippen molar-refractivity contribution in [2.75, 3.05) is 18.1 Å². The molecule has 1 aromatic carbocycles. The molecule has 5 heteroatoms. The van der Waals surface area contributed by atoms with Gasteiger partial charge in [-0.2, -0.15) is 0 Å². The fourth-order valence-corrected chi connectivity index (χ4v) is 2.66. The number of anilines is 1. The maximum absolute atomic E-state index is 12.7. The summed E-state index contributed by atoms with van der Waals surface area (Å²) in [6.07, 6.45) is 1.17. The fraction of sp³-hybridized carbons (Fsp3) is 0.500. The molecule has 1 fully saturated rings. The van der Waals surface area contributed by atoms with Gasteiger partial charge in [0, 0.05) is 5.69 Å². The monoisotopic (exact) mass is 290 g/mol. The highest BCUT2D eigenvalue weighted by atomic mass is 16.5. The zero-order chi connectivity index (χ0) is 15.5. The summed E-state index contributed by atoms with van der Waals surface area (Å²) in [5.41, 5.74) is -0.0573. The van der Waals surface area contributed by atoms with Gasteiger partial charge in [0.05, 0.1) is 6.61 Å². The van der Waals surface area contributed by atoms with Gasteiger partial charge in [-0.3, -0.25) is 9.59 Å². The van der Waals surface area contributed by atoms with E-state index in [9.17, 15) is 9.59 Å². The van der Waals surface area contributed by atoms with E-state index < -0.39 is 5.54 Å². The highest BCUT2D eigenvalue weighted by Gasteiger charge is 2.44. The van der Waals surface area contributed by atoms with Crippen molar-refractivity contribution in [1.29, 1.82) is 0 Å². The Morgan fingerprint density at radius 2 is 1.76 bits per heavy atom. The molecule has 1 N–H and O–H groups in total. The minimum absolute atomic E-state index is 0.0451. The van der Waals surface area contributed by atoms with Crippen molar-refractivity contribution in [3.8, 4) is 5.75 Å². The average Bonchev–Trinajstić information content (AvgIpc) is 2.50. The number of ether oxygens (including phenoxy) is 1. The molecule has 1 aromatic rings. The second-order valence-corrected chi connectivity index (χ2v) is 5.16. The molecule has 0 atom stereocenters. The number of amides is 2. The minimum Gasteiger partial charge on any atom is -0.494 e. The molecule has 0 radical (unpaired) electrons. The first-order valence-electron chi connectivity index (χ1n) is 7.42. The van der Waals surface area contributed by atoms with Crippen LogP contribution in [-0.4, -0.2) is 30.5 Å². The van der Waals surface area contributed by atoms with Crippen LogP contribution < -0.4 is 15.0 Å². The lowest BCUT2D eigenvalue weighted by Crippen LogP contribution is -2.66. The SMILES string of the molecule is CCOc1ccc(N2CC(=O)NC(CC)(CC)C2=O)cc1. The van der Waals surface area contributed by atoms with Gasteiger partial charge in [-0.15, -0.1) is 0 Å². The summed E-state index contributed by atoms with van der Waals surface area (Å²) in [6.45, 7) is 6.42. The quantitative estimate of drug-likeness (QED) is 0.903. The normalized spacial score (nSPS) is 17.6. The molecular formula is C16H22N2O3. The van der Waals surface area contributed by atoms with Gasteiger partial charge in [0.15, 0.2) is 0 Å². The van der Waals surface area contributed by atoms with Gasteiger partial charge in [-0.25, -0.2) is 0 Å². The van der Waals surface area contributed by atoms with Crippen molar-refractivity contribution >= 4 is 17.5 Å². The highest BCUT2D eigenvalue weighted by Crippen LogP contribution is 2.27. The van der Waals surface area contributed by atoms with Gasteiger partial charge in [-0.05, 0) is 44.0 Å². The molecular weight excluding hydrogens is 268 g/mol. The molecule has 1 aliphatic rings. The first-order valence-corrected chi connectivity index (χ1v) is 7.42. The van der Waals surface area contributed by atoms with Crippen LogP contribution in [0.5, 0.6) is 5.75 Å². The van der Waals surface area contributed by atoms with E-state index in [1.807, 2.05) is 45.0 Å². The smallest absolute Gasteiger partial charge is 0.253 e. The molecule has 0 bridgehead atoms. The number of hydrogen-bond donors (Lipinski definition) is 1. The number of hydrogen-bond acceptors (Lipinski definition) is 3. The summed E-state index contributed by atoms with van der Waals surface area (Å²) < 4.78 is 5.40. The standard InChI is InChI=1S/C16H22N2O3/c1-4-16(5-2)15(20)18(11-14(19)17-16)12-7-9-13(10-8-12)21-6-3/h7-10H,4-6,11H2,1-3H3,(H,17,19). The molecule has 0 aromatic heterocycles. The number of nitrogens with one attached hydrogen (secondary N) is 1. The zero-order valence-electron chi connectivity index (χ0n) is 12.8. The number of rotatable bonds is 5. The van der Waals surface area contributed by atoms with Gasteiger partial charge in [0.2, 0.25) is 5.91 Å². The summed E-state index contributed by atoms with van der Waals surface area (Å²) in [5.74, 6) is 0.593. The van der Waals surface area contributed by atoms with Gasteiger partial charge in [0.25, 0.3) is 5.91 Å². The Bertz CT molecular complexity index is 521. The van der Waals surface area contributed by atoms with E-state index in [-0.39, 0.29) is 18.4 Å². The Balaban J connectivity index is 2.29. The molecule has 1 heterocycles. The predicted octanol–water partition coefficient (Wildman–Crippen LogP) is 2.11. The summed E-state index contributed by atoms with van der Waals surface area (Å²) >= 11 is 0. The second-order valence-electron chi connectivity index (χ2n) is 5.16. The van der Waals surface area contributed by atoms with Gasteiger partial charge in [0.1, 0.15) is 17.8 Å². The van der Waals surface area contributed by atoms with Crippen LogP contribution in [0.1, 0.15) is 33.6 Å². The number of benzene rings is 1. The van der Waals surface area contributed by atoms with Crippen LogP contribution in [0, 0.1) is 0 Å². The van der Waals surface area contributed by atoms with Crippen molar-refractivity contribution in [3.63, 3.8) is 0 Å². The Labute approximate surface area is 125 Å². The Morgan fingerprint density at radius 3 is 2.29 bits per heavy atom. The topological polar surface area (TPSA) is 58.6 Å². The average molecular weight is 290 g/mol. The third-order valence-corrected chi connectivity index (χ3v) is 4.00. The van der Waals surface area contributed by atoms with Crippen molar-refractivity contribution in [2.24, 2.45) is 0 Å². The first kappa shape index (κ1) is 15.4. The third-order valence-electron chi connectivity index (χ3n) is 4.00. The maximum Gasteiger partial charge on any atom is 0.253 e. The minimum atomic E-state index is -0.784. The lowest BCUT2D eigenvalue weighted by Gasteiger charge is -2.41. The van der Waals surface area contributed by atoms with Gasteiger partial charge in [-0.1, -0.05) is 13.8 Å². The van der Waals surface area contributed by atoms with Crippen LogP contribution >= 0.6 is 0 Å². The van der Waals surface area contributed by atoms with Crippen LogP contribution in [-0.2, 0) is 9.59 Å². The molecule has 0 aliphatic carbocycles. The number of nitrogens with zero attached hydrogens (tertiary/aromatic N) is 1. The summed E-state index contributed by atoms with van der Waals surface area (Å²) in [5, 5.41) is 2.86. The van der Waals surface area contributed by atoms with Crippen molar-refractivity contribution in [1.82, 2.24) is 5.32 Å². The first-order chi connectivity index (χ1) is 10.1. The second kappa shape index (κ2) is 6.16. The largest absolute Gasteiger partial charge is 0.494 e. The molecule has 0 spiro atoms. The Hall–Kier alpha value is -2.04. The van der Waals surface area contributed by atoms with Crippen molar-refractivity contribution in [2.45, 2.75) is 39.2 Å². The fourth-order valence-electron chi connectivity index (χ4n) is 2.66. The van der Waals surface area contributed by atoms with E-state index in [0.29, 0.717) is 19.4 Å². The predicted molar refractivity (Wildman–Crippen MR) is 81.4 cm³/mol. The van der Waals surface area contributed by atoms with E-state index in [2.05, 4.69) is 5.32 Å². The summed E-state index contributed by atoms with van der Waals surface area (Å²) in [6, 6.07) is 7.27.